The van der Waals surface area contributed by atoms with Gasteiger partial charge in [-0.1, -0.05) is 6.92 Å². The van der Waals surface area contributed by atoms with Crippen LogP contribution in [0.1, 0.15) is 26.7 Å². The zero-order valence-corrected chi connectivity index (χ0v) is 11.0. The highest BCUT2D eigenvalue weighted by molar-refractivity contribution is 5.78. The van der Waals surface area contributed by atoms with E-state index in [1.165, 1.54) is 0 Å². The molecular formula is C12H22N2O4. The maximum atomic E-state index is 11.7. The molecule has 6 heteroatoms. The van der Waals surface area contributed by atoms with Gasteiger partial charge in [-0.05, 0) is 13.3 Å². The average molecular weight is 258 g/mol. The van der Waals surface area contributed by atoms with Crippen LogP contribution in [0.4, 0.5) is 0 Å². The van der Waals surface area contributed by atoms with Crippen LogP contribution in [0.15, 0.2) is 0 Å². The van der Waals surface area contributed by atoms with Crippen molar-refractivity contribution >= 4 is 11.9 Å². The van der Waals surface area contributed by atoms with Crippen LogP contribution in [0.5, 0.6) is 0 Å². The fourth-order valence-electron chi connectivity index (χ4n) is 1.87. The molecule has 1 heterocycles. The lowest BCUT2D eigenvalue weighted by atomic mass is 10.2. The lowest BCUT2D eigenvalue weighted by Gasteiger charge is -2.31. The third-order valence-electron chi connectivity index (χ3n) is 3.01. The van der Waals surface area contributed by atoms with Gasteiger partial charge in [0.1, 0.15) is 0 Å². The zero-order chi connectivity index (χ0) is 13.5. The number of hydrogen-bond donors (Lipinski definition) is 2. The highest BCUT2D eigenvalue weighted by Crippen LogP contribution is 2.08. The minimum atomic E-state index is -0.870. The molecule has 0 spiro atoms. The summed E-state index contributed by atoms with van der Waals surface area (Å²) in [7, 11) is 0. The third kappa shape index (κ3) is 5.46. The van der Waals surface area contributed by atoms with E-state index < -0.39 is 5.97 Å². The summed E-state index contributed by atoms with van der Waals surface area (Å²) < 4.78 is 5.35. The average Bonchev–Trinajstić information content (AvgIpc) is 2.28. The zero-order valence-electron chi connectivity index (χ0n) is 11.0. The molecule has 0 aliphatic carbocycles. The van der Waals surface area contributed by atoms with E-state index in [4.69, 9.17) is 9.84 Å². The van der Waals surface area contributed by atoms with Gasteiger partial charge in [0.05, 0.1) is 25.7 Å². The molecule has 1 fully saturated rings. The van der Waals surface area contributed by atoms with E-state index in [0.29, 0.717) is 26.2 Å². The number of aliphatic carboxylic acids is 1. The van der Waals surface area contributed by atoms with Crippen LogP contribution in [0.3, 0.4) is 0 Å². The van der Waals surface area contributed by atoms with Gasteiger partial charge in [0.2, 0.25) is 5.91 Å². The quantitative estimate of drug-likeness (QED) is 0.705. The molecule has 1 aliphatic heterocycles. The number of carbonyl (C=O) groups excluding carboxylic acids is 1. The molecule has 18 heavy (non-hydrogen) atoms. The van der Waals surface area contributed by atoms with Crippen molar-refractivity contribution < 1.29 is 19.4 Å². The summed E-state index contributed by atoms with van der Waals surface area (Å²) in [4.78, 5) is 24.2. The molecular weight excluding hydrogens is 236 g/mol. The molecule has 6 nitrogen and oxygen atoms in total. The number of rotatable bonds is 6. The summed E-state index contributed by atoms with van der Waals surface area (Å²) in [5.74, 6) is -0.883. The van der Waals surface area contributed by atoms with Gasteiger partial charge in [-0.25, -0.2) is 0 Å². The van der Waals surface area contributed by atoms with E-state index >= 15 is 0 Å². The van der Waals surface area contributed by atoms with Crippen molar-refractivity contribution in [3.8, 4) is 0 Å². The molecule has 2 unspecified atom stereocenters. The number of carbonyl (C=O) groups is 2. The normalized spacial score (nSPS) is 22.4. The lowest BCUT2D eigenvalue weighted by molar-refractivity contribution is -0.142. The van der Waals surface area contributed by atoms with Crippen LogP contribution in [0.2, 0.25) is 0 Å². The first-order valence-corrected chi connectivity index (χ1v) is 6.36. The van der Waals surface area contributed by atoms with Crippen molar-refractivity contribution in [3.63, 3.8) is 0 Å². The van der Waals surface area contributed by atoms with Gasteiger partial charge in [0.15, 0.2) is 0 Å². The van der Waals surface area contributed by atoms with Crippen LogP contribution in [0.25, 0.3) is 0 Å². The molecule has 0 bridgehead atoms. The highest BCUT2D eigenvalue weighted by Gasteiger charge is 2.24. The summed E-state index contributed by atoms with van der Waals surface area (Å²) in [6.07, 6.45) is 0.576. The van der Waals surface area contributed by atoms with Crippen molar-refractivity contribution in [1.82, 2.24) is 10.2 Å². The van der Waals surface area contributed by atoms with Crippen LogP contribution in [-0.4, -0.2) is 60.3 Å². The number of nitrogens with one attached hydrogen (secondary N) is 1. The Hall–Kier alpha value is -1.14. The largest absolute Gasteiger partial charge is 0.481 e. The minimum absolute atomic E-state index is 0.0104. The van der Waals surface area contributed by atoms with Gasteiger partial charge >= 0.3 is 5.97 Å². The minimum Gasteiger partial charge on any atom is -0.481 e. The number of amides is 1. The van der Waals surface area contributed by atoms with E-state index in [9.17, 15) is 9.59 Å². The molecule has 1 saturated heterocycles. The Morgan fingerprint density at radius 3 is 2.89 bits per heavy atom. The second-order valence-corrected chi connectivity index (χ2v) is 4.70. The first-order chi connectivity index (χ1) is 8.51. The van der Waals surface area contributed by atoms with E-state index in [-0.39, 0.29) is 24.5 Å². The molecule has 1 amide bonds. The van der Waals surface area contributed by atoms with Crippen molar-refractivity contribution in [1.29, 1.82) is 0 Å². The Bertz CT molecular complexity index is 296. The second kappa shape index (κ2) is 7.33. The number of ether oxygens (including phenoxy) is 1. The van der Waals surface area contributed by atoms with Gasteiger partial charge in [0.25, 0.3) is 0 Å². The summed E-state index contributed by atoms with van der Waals surface area (Å²) in [5, 5.41) is 11.6. The van der Waals surface area contributed by atoms with E-state index in [2.05, 4.69) is 5.32 Å². The molecule has 2 atom stereocenters. The van der Waals surface area contributed by atoms with Gasteiger partial charge in [0, 0.05) is 19.1 Å². The number of morpholine rings is 1. The SMILES string of the molecule is CCC(C)NC(=O)CN1CCOC(CC(=O)O)C1. The Balaban J connectivity index is 2.33. The van der Waals surface area contributed by atoms with Crippen LogP contribution < -0.4 is 5.32 Å². The topological polar surface area (TPSA) is 78.9 Å². The Kier molecular flexibility index (Phi) is 6.07. The first-order valence-electron chi connectivity index (χ1n) is 6.36. The van der Waals surface area contributed by atoms with Gasteiger partial charge in [-0.3, -0.25) is 14.5 Å². The number of hydrogen-bond acceptors (Lipinski definition) is 4. The molecule has 1 rings (SSSR count). The summed E-state index contributed by atoms with van der Waals surface area (Å²) in [5.41, 5.74) is 0. The smallest absolute Gasteiger partial charge is 0.306 e. The third-order valence-corrected chi connectivity index (χ3v) is 3.01. The molecule has 104 valence electrons. The monoisotopic (exact) mass is 258 g/mol. The predicted molar refractivity (Wildman–Crippen MR) is 66.3 cm³/mol. The lowest BCUT2D eigenvalue weighted by Crippen LogP contribution is -2.48. The maximum absolute atomic E-state index is 11.7. The van der Waals surface area contributed by atoms with Crippen molar-refractivity contribution in [2.45, 2.75) is 38.8 Å². The van der Waals surface area contributed by atoms with E-state index in [1.54, 1.807) is 0 Å². The van der Waals surface area contributed by atoms with Crippen molar-refractivity contribution in [2.24, 2.45) is 0 Å². The van der Waals surface area contributed by atoms with Crippen molar-refractivity contribution in [3.05, 3.63) is 0 Å². The molecule has 0 aromatic carbocycles. The molecule has 2 N–H and O–H groups in total. The Morgan fingerprint density at radius 2 is 2.28 bits per heavy atom. The standard InChI is InChI=1S/C12H22N2O4/c1-3-9(2)13-11(15)8-14-4-5-18-10(7-14)6-12(16)17/h9-10H,3-8H2,1-2H3,(H,13,15)(H,16,17). The number of carboxylic acid groups (broad SMARTS) is 1. The van der Waals surface area contributed by atoms with Crippen LogP contribution in [-0.2, 0) is 14.3 Å². The summed E-state index contributed by atoms with van der Waals surface area (Å²) >= 11 is 0. The van der Waals surface area contributed by atoms with Gasteiger partial charge in [-0.2, -0.15) is 0 Å². The maximum Gasteiger partial charge on any atom is 0.306 e. The number of nitrogens with zero attached hydrogens (tertiary/aromatic N) is 1. The molecule has 0 aromatic heterocycles. The van der Waals surface area contributed by atoms with Crippen LogP contribution >= 0.6 is 0 Å². The molecule has 1 aliphatic rings. The number of carboxylic acids is 1. The predicted octanol–water partition coefficient (Wildman–Crippen LogP) is 0.0766. The van der Waals surface area contributed by atoms with E-state index in [1.807, 2.05) is 18.7 Å². The summed E-state index contributed by atoms with van der Waals surface area (Å²) in [6.45, 7) is 5.94. The van der Waals surface area contributed by atoms with Crippen molar-refractivity contribution in [2.75, 3.05) is 26.2 Å². The Morgan fingerprint density at radius 1 is 1.56 bits per heavy atom. The second-order valence-electron chi connectivity index (χ2n) is 4.70. The molecule has 0 saturated carbocycles. The van der Waals surface area contributed by atoms with E-state index in [0.717, 1.165) is 6.42 Å². The molecule has 0 aromatic rings. The Labute approximate surface area is 107 Å². The van der Waals surface area contributed by atoms with Gasteiger partial charge in [-0.15, -0.1) is 0 Å². The fraction of sp³-hybridized carbons (Fsp3) is 0.833. The summed E-state index contributed by atoms with van der Waals surface area (Å²) in [6, 6.07) is 0.174. The van der Waals surface area contributed by atoms with Crippen LogP contribution in [0, 0.1) is 0 Å². The highest BCUT2D eigenvalue weighted by atomic mass is 16.5. The van der Waals surface area contributed by atoms with Gasteiger partial charge < -0.3 is 15.2 Å². The fourth-order valence-corrected chi connectivity index (χ4v) is 1.87. The molecule has 0 radical (unpaired) electrons. The first kappa shape index (κ1) is 14.9.